The van der Waals surface area contributed by atoms with Gasteiger partial charge in [0.15, 0.2) is 11.6 Å². The highest BCUT2D eigenvalue weighted by molar-refractivity contribution is 6.01. The van der Waals surface area contributed by atoms with Gasteiger partial charge in [0.1, 0.15) is 0 Å². The molecule has 0 saturated heterocycles. The summed E-state index contributed by atoms with van der Waals surface area (Å²) in [6.45, 7) is 0.299. The van der Waals surface area contributed by atoms with E-state index in [2.05, 4.69) is 4.98 Å². The topological polar surface area (TPSA) is 56.0 Å². The molecule has 1 aromatic rings. The number of pyridine rings is 1. The van der Waals surface area contributed by atoms with Gasteiger partial charge in [-0.25, -0.2) is 4.39 Å². The largest absolute Gasteiger partial charge is 0.329 e. The van der Waals surface area contributed by atoms with Gasteiger partial charge in [-0.1, -0.05) is 6.42 Å². The Balaban J connectivity index is 2.32. The summed E-state index contributed by atoms with van der Waals surface area (Å²) in [6.07, 6.45) is 5.03. The van der Waals surface area contributed by atoms with Gasteiger partial charge in [0.05, 0.1) is 11.8 Å². The van der Waals surface area contributed by atoms with Crippen molar-refractivity contribution in [3.63, 3.8) is 0 Å². The molecular weight excluding hydrogens is 195 g/mol. The maximum Gasteiger partial charge on any atom is 0.173 e. The number of rotatable bonds is 3. The smallest absolute Gasteiger partial charge is 0.173 e. The zero-order valence-corrected chi connectivity index (χ0v) is 8.37. The average Bonchev–Trinajstić information content (AvgIpc) is 2.17. The Morgan fingerprint density at radius 2 is 2.33 bits per heavy atom. The molecular formula is C11H13FN2O. The van der Waals surface area contributed by atoms with Crippen LogP contribution in [-0.2, 0) is 0 Å². The fourth-order valence-corrected chi connectivity index (χ4v) is 1.97. The van der Waals surface area contributed by atoms with Crippen LogP contribution in [0.3, 0.4) is 0 Å². The van der Waals surface area contributed by atoms with E-state index < -0.39 is 11.2 Å². The molecule has 3 nitrogen and oxygen atoms in total. The first-order valence-corrected chi connectivity index (χ1v) is 5.04. The first kappa shape index (κ1) is 10.2. The van der Waals surface area contributed by atoms with Crippen molar-refractivity contribution in [1.29, 1.82) is 0 Å². The second kappa shape index (κ2) is 3.70. The van der Waals surface area contributed by atoms with E-state index >= 15 is 0 Å². The quantitative estimate of drug-likeness (QED) is 0.766. The Morgan fingerprint density at radius 3 is 2.80 bits per heavy atom. The van der Waals surface area contributed by atoms with E-state index in [1.807, 2.05) is 0 Å². The summed E-state index contributed by atoms with van der Waals surface area (Å²) < 4.78 is 13.3. The molecule has 1 aliphatic rings. The molecule has 1 saturated carbocycles. The fraction of sp³-hybridized carbons (Fsp3) is 0.455. The van der Waals surface area contributed by atoms with Crippen molar-refractivity contribution >= 4 is 5.78 Å². The van der Waals surface area contributed by atoms with E-state index in [0.717, 1.165) is 25.5 Å². The van der Waals surface area contributed by atoms with E-state index in [9.17, 15) is 9.18 Å². The number of carbonyl (C=O) groups excluding carboxylic acids is 1. The van der Waals surface area contributed by atoms with Crippen molar-refractivity contribution in [3.8, 4) is 0 Å². The van der Waals surface area contributed by atoms with Crippen LogP contribution in [0.15, 0.2) is 18.5 Å². The van der Waals surface area contributed by atoms with Crippen LogP contribution in [0.1, 0.15) is 29.6 Å². The summed E-state index contributed by atoms with van der Waals surface area (Å²) in [5.74, 6) is -0.724. The van der Waals surface area contributed by atoms with Crippen molar-refractivity contribution < 1.29 is 9.18 Å². The molecule has 1 aliphatic carbocycles. The van der Waals surface area contributed by atoms with Crippen LogP contribution < -0.4 is 5.73 Å². The molecule has 0 unspecified atom stereocenters. The number of halogens is 1. The number of hydrogen-bond acceptors (Lipinski definition) is 3. The van der Waals surface area contributed by atoms with Gasteiger partial charge in [-0.3, -0.25) is 9.78 Å². The van der Waals surface area contributed by atoms with Gasteiger partial charge < -0.3 is 5.73 Å². The zero-order chi connectivity index (χ0) is 10.9. The lowest BCUT2D eigenvalue weighted by Crippen LogP contribution is -2.44. The number of carbonyl (C=O) groups is 1. The molecule has 1 fully saturated rings. The van der Waals surface area contributed by atoms with Crippen LogP contribution in [0, 0.1) is 11.2 Å². The van der Waals surface area contributed by atoms with Gasteiger partial charge >= 0.3 is 0 Å². The van der Waals surface area contributed by atoms with E-state index in [0.29, 0.717) is 6.54 Å². The van der Waals surface area contributed by atoms with E-state index in [1.165, 1.54) is 12.3 Å². The van der Waals surface area contributed by atoms with Crippen molar-refractivity contribution in [2.75, 3.05) is 6.54 Å². The van der Waals surface area contributed by atoms with Gasteiger partial charge in [-0.15, -0.1) is 0 Å². The normalized spacial score (nSPS) is 18.3. The molecule has 4 heteroatoms. The SMILES string of the molecule is NCC1(C(=O)c2ccncc2F)CCC1. The average molecular weight is 208 g/mol. The predicted octanol–water partition coefficient (Wildman–Crippen LogP) is 1.53. The predicted molar refractivity (Wildman–Crippen MR) is 53.9 cm³/mol. The molecule has 0 atom stereocenters. The number of Topliss-reactive ketones (excluding diaryl/α,β-unsaturated/α-hetero) is 1. The molecule has 0 aliphatic heterocycles. The Bertz CT molecular complexity index is 382. The molecule has 15 heavy (non-hydrogen) atoms. The van der Waals surface area contributed by atoms with E-state index in [-0.39, 0.29) is 11.3 Å². The summed E-state index contributed by atoms with van der Waals surface area (Å²) in [7, 11) is 0. The van der Waals surface area contributed by atoms with Crippen molar-refractivity contribution in [2.45, 2.75) is 19.3 Å². The van der Waals surface area contributed by atoms with Crippen LogP contribution in [0.2, 0.25) is 0 Å². The summed E-state index contributed by atoms with van der Waals surface area (Å²) in [5.41, 5.74) is 5.21. The number of aromatic nitrogens is 1. The highest BCUT2D eigenvalue weighted by Gasteiger charge is 2.43. The second-order valence-electron chi connectivity index (χ2n) is 4.02. The lowest BCUT2D eigenvalue weighted by Gasteiger charge is -2.39. The van der Waals surface area contributed by atoms with Crippen molar-refractivity contribution in [1.82, 2.24) is 4.98 Å². The molecule has 2 rings (SSSR count). The minimum atomic E-state index is -0.553. The maximum atomic E-state index is 13.3. The second-order valence-corrected chi connectivity index (χ2v) is 4.02. The standard InChI is InChI=1S/C11H13FN2O/c12-9-6-14-5-2-8(9)10(15)11(7-13)3-1-4-11/h2,5-6H,1,3-4,7,13H2. The monoisotopic (exact) mass is 208 g/mol. The lowest BCUT2D eigenvalue weighted by molar-refractivity contribution is 0.0631. The molecule has 1 aromatic heterocycles. The number of nitrogens with two attached hydrogens (primary N) is 1. The van der Waals surface area contributed by atoms with E-state index in [1.54, 1.807) is 0 Å². The first-order valence-electron chi connectivity index (χ1n) is 5.04. The Kier molecular flexibility index (Phi) is 2.52. The molecule has 0 radical (unpaired) electrons. The van der Waals surface area contributed by atoms with Crippen LogP contribution in [0.4, 0.5) is 4.39 Å². The van der Waals surface area contributed by atoms with Gasteiger partial charge in [0, 0.05) is 18.2 Å². The van der Waals surface area contributed by atoms with Crippen LogP contribution in [0.25, 0.3) is 0 Å². The van der Waals surface area contributed by atoms with Gasteiger partial charge in [0.25, 0.3) is 0 Å². The van der Waals surface area contributed by atoms with Crippen LogP contribution >= 0.6 is 0 Å². The summed E-state index contributed by atoms with van der Waals surface area (Å²) in [6, 6.07) is 1.42. The third-order valence-electron chi connectivity index (χ3n) is 3.20. The van der Waals surface area contributed by atoms with Crippen molar-refractivity contribution in [3.05, 3.63) is 29.8 Å². The molecule has 0 spiro atoms. The van der Waals surface area contributed by atoms with Gasteiger partial charge in [0.2, 0.25) is 0 Å². The minimum Gasteiger partial charge on any atom is -0.329 e. The van der Waals surface area contributed by atoms with E-state index in [4.69, 9.17) is 5.73 Å². The Morgan fingerprint density at radius 1 is 1.60 bits per heavy atom. The maximum absolute atomic E-state index is 13.3. The number of hydrogen-bond donors (Lipinski definition) is 1. The lowest BCUT2D eigenvalue weighted by atomic mass is 9.64. The molecule has 1 heterocycles. The van der Waals surface area contributed by atoms with Crippen LogP contribution in [0.5, 0.6) is 0 Å². The first-order chi connectivity index (χ1) is 7.19. The Hall–Kier alpha value is -1.29. The molecule has 80 valence electrons. The zero-order valence-electron chi connectivity index (χ0n) is 8.37. The summed E-state index contributed by atoms with van der Waals surface area (Å²) in [5, 5.41) is 0. The minimum absolute atomic E-state index is 0.121. The third-order valence-corrected chi connectivity index (χ3v) is 3.20. The van der Waals surface area contributed by atoms with Gasteiger partial charge in [-0.05, 0) is 18.9 Å². The third kappa shape index (κ3) is 1.55. The molecule has 0 bridgehead atoms. The highest BCUT2D eigenvalue weighted by atomic mass is 19.1. The molecule has 0 aromatic carbocycles. The molecule has 0 amide bonds. The summed E-state index contributed by atoms with van der Waals surface area (Å²) in [4.78, 5) is 15.7. The highest BCUT2D eigenvalue weighted by Crippen LogP contribution is 2.42. The Labute approximate surface area is 87.5 Å². The van der Waals surface area contributed by atoms with Crippen molar-refractivity contribution in [2.24, 2.45) is 11.1 Å². The fourth-order valence-electron chi connectivity index (χ4n) is 1.97. The molecule has 2 N–H and O–H groups in total. The number of ketones is 1. The van der Waals surface area contributed by atoms with Crippen LogP contribution in [-0.4, -0.2) is 17.3 Å². The summed E-state index contributed by atoms with van der Waals surface area (Å²) >= 11 is 0. The number of nitrogens with zero attached hydrogens (tertiary/aromatic N) is 1. The van der Waals surface area contributed by atoms with Gasteiger partial charge in [-0.2, -0.15) is 0 Å².